The van der Waals surface area contributed by atoms with E-state index in [1.807, 2.05) is 0 Å². The number of rotatable bonds is 2. The third-order valence-corrected chi connectivity index (χ3v) is 0.603. The second-order valence-corrected chi connectivity index (χ2v) is 2.82. The van der Waals surface area contributed by atoms with Gasteiger partial charge in [-0.25, -0.2) is 0 Å². The summed E-state index contributed by atoms with van der Waals surface area (Å²) in [6.45, 7) is 0.0694. The van der Waals surface area contributed by atoms with E-state index in [0.29, 0.717) is 4.48 Å². The zero-order valence-electron chi connectivity index (χ0n) is 5.97. The Hall–Kier alpha value is 0.313. The van der Waals surface area contributed by atoms with Gasteiger partial charge in [-0.3, -0.25) is 0 Å². The van der Waals surface area contributed by atoms with Crippen molar-refractivity contribution in [3.05, 3.63) is 0 Å². The summed E-state index contributed by atoms with van der Waals surface area (Å²) in [6, 6.07) is 0. The maximum absolute atomic E-state index is 9.89. The van der Waals surface area contributed by atoms with Gasteiger partial charge in [-0.1, -0.05) is 0 Å². The Morgan fingerprint density at radius 3 is 1.78 bits per heavy atom. The Morgan fingerprint density at radius 1 is 1.44 bits per heavy atom. The molecule has 4 heteroatoms. The first-order valence-electron chi connectivity index (χ1n) is 2.42. The Kier molecular flexibility index (Phi) is 5.59. The molecule has 0 saturated heterocycles. The average molecular weight is 208 g/mol. The first kappa shape index (κ1) is 12.0. The molecule has 48 valence electrons. The van der Waals surface area contributed by atoms with Crippen molar-refractivity contribution in [2.45, 2.75) is 0 Å². The van der Waals surface area contributed by atoms with Crippen LogP contribution < -0.4 is 5.11 Å². The summed E-state index contributed by atoms with van der Waals surface area (Å²) in [5.74, 6) is -1.00. The number of likely N-dealkylation sites (N-methyl/N-ethyl adjacent to an activating group) is 1. The third-order valence-electron chi connectivity index (χ3n) is 0.603. The van der Waals surface area contributed by atoms with Crippen molar-refractivity contribution >= 4 is 5.97 Å². The molecule has 0 aliphatic heterocycles. The minimum Gasteiger partial charge on any atom is -0.544 e. The van der Waals surface area contributed by atoms with Crippen molar-refractivity contribution in [1.82, 2.24) is 0 Å². The number of carboxylic acid groups (broad SMARTS) is 1. The average Bonchev–Trinajstić information content (AvgIpc) is 1.21. The third kappa shape index (κ3) is 11.7. The van der Waals surface area contributed by atoms with Gasteiger partial charge >= 0.3 is 26.2 Å². The van der Waals surface area contributed by atoms with Gasteiger partial charge in [0.1, 0.15) is 6.54 Å². The fourth-order valence-corrected chi connectivity index (χ4v) is 0.387. The number of hydrogen-bond acceptors (Lipinski definition) is 2. The first-order valence-corrected chi connectivity index (χ1v) is 2.42. The van der Waals surface area contributed by atoms with E-state index in [-0.39, 0.29) is 32.7 Å². The Balaban J connectivity index is 0. The molecule has 0 fully saturated rings. The van der Waals surface area contributed by atoms with Gasteiger partial charge < -0.3 is 14.4 Å². The molecule has 0 aliphatic carbocycles. The maximum Gasteiger partial charge on any atom is 4.00 e. The molecule has 0 aliphatic rings. The molecule has 3 nitrogen and oxygen atoms in total. The Morgan fingerprint density at radius 2 is 1.78 bits per heavy atom. The van der Waals surface area contributed by atoms with Crippen LogP contribution in [0.4, 0.5) is 0 Å². The molecule has 0 heterocycles. The summed E-state index contributed by atoms with van der Waals surface area (Å²) in [6.07, 6.45) is 0. The predicted octanol–water partition coefficient (Wildman–Crippen LogP) is -1.56. The van der Waals surface area contributed by atoms with Gasteiger partial charge in [0.2, 0.25) is 0 Å². The molecule has 9 heavy (non-hydrogen) atoms. The van der Waals surface area contributed by atoms with Gasteiger partial charge in [0.15, 0.2) is 0 Å². The number of carbonyl (C=O) groups excluding carboxylic acids is 1. The van der Waals surface area contributed by atoms with E-state index in [9.17, 15) is 9.90 Å². The maximum atomic E-state index is 9.89. The van der Waals surface area contributed by atoms with E-state index >= 15 is 0 Å². The van der Waals surface area contributed by atoms with Crippen LogP contribution >= 0.6 is 0 Å². The molecule has 0 spiro atoms. The molecule has 0 radical (unpaired) electrons. The van der Waals surface area contributed by atoms with Gasteiger partial charge in [-0.05, 0) is 0 Å². The molecule has 0 unspecified atom stereocenters. The first-order chi connectivity index (χ1) is 3.42. The zero-order valence-corrected chi connectivity index (χ0v) is 8.43. The van der Waals surface area contributed by atoms with E-state index in [1.165, 1.54) is 0 Å². The van der Waals surface area contributed by atoms with Crippen LogP contribution in [0.15, 0.2) is 0 Å². The van der Waals surface area contributed by atoms with Crippen LogP contribution in [0.25, 0.3) is 0 Å². The van der Waals surface area contributed by atoms with Crippen molar-refractivity contribution in [3.63, 3.8) is 0 Å². The smallest absolute Gasteiger partial charge is 0.544 e. The fraction of sp³-hybridized carbons (Fsp3) is 0.800. The minimum atomic E-state index is -1.00. The molecule has 0 aromatic rings. The molecule has 0 amide bonds. The van der Waals surface area contributed by atoms with Crippen LogP contribution in [0.5, 0.6) is 0 Å². The number of nitrogens with zero attached hydrogens (tertiary/aromatic N) is 1. The molecular formula is C5H11NO2Zr+4. The van der Waals surface area contributed by atoms with Crippen molar-refractivity contribution in [2.75, 3.05) is 27.7 Å². The van der Waals surface area contributed by atoms with Crippen LogP contribution in [0.3, 0.4) is 0 Å². The normalized spacial score (nSPS) is 10.1. The summed E-state index contributed by atoms with van der Waals surface area (Å²) >= 11 is 0. The number of quaternary nitrogens is 1. The van der Waals surface area contributed by atoms with Crippen LogP contribution in [0.1, 0.15) is 0 Å². The molecule has 0 bridgehead atoms. The molecule has 0 saturated carbocycles. The van der Waals surface area contributed by atoms with Crippen molar-refractivity contribution < 1.29 is 40.6 Å². The fourth-order valence-electron chi connectivity index (χ4n) is 0.387. The number of carbonyl (C=O) groups is 1. The van der Waals surface area contributed by atoms with Crippen LogP contribution in [-0.4, -0.2) is 38.1 Å². The van der Waals surface area contributed by atoms with E-state index in [0.717, 1.165) is 0 Å². The Bertz CT molecular complexity index is 97.6. The van der Waals surface area contributed by atoms with E-state index < -0.39 is 5.97 Å². The largest absolute Gasteiger partial charge is 4.00 e. The van der Waals surface area contributed by atoms with Gasteiger partial charge in [-0.15, -0.1) is 0 Å². The number of carboxylic acids is 1. The minimum absolute atomic E-state index is 0. The second kappa shape index (κ2) is 4.18. The molecule has 0 rings (SSSR count). The predicted molar refractivity (Wildman–Crippen MR) is 27.9 cm³/mol. The van der Waals surface area contributed by atoms with Crippen molar-refractivity contribution in [1.29, 1.82) is 0 Å². The summed E-state index contributed by atoms with van der Waals surface area (Å²) in [5, 5.41) is 9.89. The number of hydrogen-bond donors (Lipinski definition) is 0. The van der Waals surface area contributed by atoms with Gasteiger partial charge in [-0.2, -0.15) is 0 Å². The summed E-state index contributed by atoms with van der Waals surface area (Å²) in [5.41, 5.74) is 0. The standard InChI is InChI=1S/C5H11NO2.Zr/c1-6(2,3)4-5(7)8;/h4H2,1-3H3;/q;+4. The Labute approximate surface area is 74.4 Å². The summed E-state index contributed by atoms with van der Waals surface area (Å²) < 4.78 is 0.419. The summed E-state index contributed by atoms with van der Waals surface area (Å²) in [7, 11) is 5.40. The quantitative estimate of drug-likeness (QED) is 0.515. The summed E-state index contributed by atoms with van der Waals surface area (Å²) in [4.78, 5) is 9.89. The zero-order chi connectivity index (χ0) is 6.78. The molecule has 0 atom stereocenters. The van der Waals surface area contributed by atoms with E-state index in [4.69, 9.17) is 0 Å². The van der Waals surface area contributed by atoms with Crippen molar-refractivity contribution in [3.8, 4) is 0 Å². The molecule has 0 aromatic carbocycles. The van der Waals surface area contributed by atoms with Gasteiger partial charge in [0, 0.05) is 0 Å². The number of aliphatic carboxylic acids is 1. The van der Waals surface area contributed by atoms with E-state index in [1.54, 1.807) is 21.1 Å². The second-order valence-electron chi connectivity index (χ2n) is 2.82. The topological polar surface area (TPSA) is 40.1 Å². The van der Waals surface area contributed by atoms with Crippen molar-refractivity contribution in [2.24, 2.45) is 0 Å². The monoisotopic (exact) mass is 207 g/mol. The van der Waals surface area contributed by atoms with Crippen LogP contribution in [-0.2, 0) is 31.0 Å². The van der Waals surface area contributed by atoms with Crippen LogP contribution in [0, 0.1) is 0 Å². The molecule has 0 N–H and O–H groups in total. The van der Waals surface area contributed by atoms with E-state index in [2.05, 4.69) is 0 Å². The molecular weight excluding hydrogens is 197 g/mol. The SMILES string of the molecule is C[N+](C)(C)CC(=O)[O-].[Zr+4]. The molecule has 0 aromatic heterocycles. The van der Waals surface area contributed by atoms with Gasteiger partial charge in [0.05, 0.1) is 27.1 Å². The van der Waals surface area contributed by atoms with Crippen LogP contribution in [0.2, 0.25) is 0 Å². The van der Waals surface area contributed by atoms with Gasteiger partial charge in [0.25, 0.3) is 0 Å².